The Bertz CT molecular complexity index is 121. The van der Waals surface area contributed by atoms with Crippen molar-refractivity contribution in [3.05, 3.63) is 0 Å². The standard InChI is InChI=1S/C7H14F3NOS/c8-7(9,10)6-12-3-1-4-13-5-2-11/h1-6,11H2. The van der Waals surface area contributed by atoms with Gasteiger partial charge < -0.3 is 10.5 Å². The van der Waals surface area contributed by atoms with Gasteiger partial charge in [0.05, 0.1) is 0 Å². The van der Waals surface area contributed by atoms with Crippen molar-refractivity contribution in [2.24, 2.45) is 5.73 Å². The Morgan fingerprint density at radius 1 is 1.23 bits per heavy atom. The van der Waals surface area contributed by atoms with Gasteiger partial charge in [-0.2, -0.15) is 24.9 Å². The molecule has 0 aliphatic rings. The molecule has 2 nitrogen and oxygen atoms in total. The molecule has 0 rings (SSSR count). The van der Waals surface area contributed by atoms with Gasteiger partial charge in [-0.1, -0.05) is 0 Å². The van der Waals surface area contributed by atoms with Crippen LogP contribution in [0.5, 0.6) is 0 Å². The van der Waals surface area contributed by atoms with E-state index < -0.39 is 12.8 Å². The molecule has 0 aromatic rings. The minimum atomic E-state index is -4.20. The first-order valence-electron chi connectivity index (χ1n) is 3.98. The molecule has 0 aromatic carbocycles. The third kappa shape index (κ3) is 12.1. The Balaban J connectivity index is 3.00. The highest BCUT2D eigenvalue weighted by atomic mass is 32.2. The lowest BCUT2D eigenvalue weighted by Crippen LogP contribution is -2.17. The normalized spacial score (nSPS) is 12.0. The monoisotopic (exact) mass is 217 g/mol. The van der Waals surface area contributed by atoms with Crippen LogP contribution in [0.1, 0.15) is 6.42 Å². The third-order valence-electron chi connectivity index (χ3n) is 1.11. The zero-order valence-corrected chi connectivity index (χ0v) is 8.09. The first-order chi connectivity index (χ1) is 6.06. The second-order valence-corrected chi connectivity index (χ2v) is 3.65. The van der Waals surface area contributed by atoms with E-state index in [0.717, 1.165) is 11.5 Å². The minimum Gasteiger partial charge on any atom is -0.372 e. The van der Waals surface area contributed by atoms with Gasteiger partial charge in [-0.15, -0.1) is 0 Å². The number of nitrogens with two attached hydrogens (primary N) is 1. The molecule has 0 spiro atoms. The maximum Gasteiger partial charge on any atom is 0.411 e. The van der Waals surface area contributed by atoms with Crippen molar-refractivity contribution in [1.29, 1.82) is 0 Å². The van der Waals surface area contributed by atoms with Gasteiger partial charge in [-0.25, -0.2) is 0 Å². The van der Waals surface area contributed by atoms with Crippen molar-refractivity contribution in [3.63, 3.8) is 0 Å². The number of halogens is 3. The minimum absolute atomic E-state index is 0.164. The van der Waals surface area contributed by atoms with E-state index in [1.807, 2.05) is 0 Å². The van der Waals surface area contributed by atoms with Crippen molar-refractivity contribution in [2.45, 2.75) is 12.6 Å². The zero-order valence-electron chi connectivity index (χ0n) is 7.27. The quantitative estimate of drug-likeness (QED) is 0.658. The van der Waals surface area contributed by atoms with Crippen molar-refractivity contribution in [3.8, 4) is 0 Å². The summed E-state index contributed by atoms with van der Waals surface area (Å²) in [6, 6.07) is 0. The van der Waals surface area contributed by atoms with E-state index in [0.29, 0.717) is 13.0 Å². The van der Waals surface area contributed by atoms with Gasteiger partial charge >= 0.3 is 6.18 Å². The summed E-state index contributed by atoms with van der Waals surface area (Å²) < 4.78 is 39.0. The fraction of sp³-hybridized carbons (Fsp3) is 1.00. The van der Waals surface area contributed by atoms with Crippen LogP contribution in [-0.4, -0.2) is 37.4 Å². The van der Waals surface area contributed by atoms with E-state index in [-0.39, 0.29) is 6.61 Å². The van der Waals surface area contributed by atoms with Crippen molar-refractivity contribution >= 4 is 11.8 Å². The average molecular weight is 217 g/mol. The molecule has 13 heavy (non-hydrogen) atoms. The molecule has 0 fully saturated rings. The highest BCUT2D eigenvalue weighted by molar-refractivity contribution is 7.99. The molecule has 80 valence electrons. The molecule has 0 saturated carbocycles. The summed E-state index contributed by atoms with van der Waals surface area (Å²) in [6.07, 6.45) is -3.56. The Morgan fingerprint density at radius 2 is 1.92 bits per heavy atom. The SMILES string of the molecule is NCCSCCCOCC(F)(F)F. The summed E-state index contributed by atoms with van der Waals surface area (Å²) in [5.74, 6) is 1.65. The van der Waals surface area contributed by atoms with Crippen LogP contribution in [0.4, 0.5) is 13.2 Å². The summed E-state index contributed by atoms with van der Waals surface area (Å²) in [4.78, 5) is 0. The lowest BCUT2D eigenvalue weighted by atomic mass is 10.5. The first-order valence-corrected chi connectivity index (χ1v) is 5.14. The van der Waals surface area contributed by atoms with Crippen LogP contribution < -0.4 is 5.73 Å². The zero-order chi connectivity index (χ0) is 10.2. The smallest absolute Gasteiger partial charge is 0.372 e. The van der Waals surface area contributed by atoms with Crippen LogP contribution in [0.15, 0.2) is 0 Å². The van der Waals surface area contributed by atoms with E-state index >= 15 is 0 Å². The number of hydrogen-bond donors (Lipinski definition) is 1. The molecule has 0 saturated heterocycles. The Hall–Kier alpha value is 0.0600. The molecule has 0 aliphatic heterocycles. The number of rotatable bonds is 7. The number of alkyl halides is 3. The highest BCUT2D eigenvalue weighted by Crippen LogP contribution is 2.14. The fourth-order valence-corrected chi connectivity index (χ4v) is 1.33. The second kappa shape index (κ2) is 7.46. The summed E-state index contributed by atoms with van der Waals surface area (Å²) >= 11 is 1.62. The van der Waals surface area contributed by atoms with Crippen molar-refractivity contribution in [2.75, 3.05) is 31.3 Å². The summed E-state index contributed by atoms with van der Waals surface area (Å²) in [6.45, 7) is -0.375. The molecular formula is C7H14F3NOS. The third-order valence-corrected chi connectivity index (χ3v) is 2.21. The van der Waals surface area contributed by atoms with E-state index in [9.17, 15) is 13.2 Å². The van der Waals surface area contributed by atoms with E-state index in [1.54, 1.807) is 11.8 Å². The van der Waals surface area contributed by atoms with Gasteiger partial charge in [-0.05, 0) is 12.2 Å². The molecule has 0 heterocycles. The molecular weight excluding hydrogens is 203 g/mol. The lowest BCUT2D eigenvalue weighted by Gasteiger charge is -2.06. The average Bonchev–Trinajstić information content (AvgIpc) is 2.01. The van der Waals surface area contributed by atoms with E-state index in [2.05, 4.69) is 4.74 Å². The first kappa shape index (κ1) is 13.1. The molecule has 0 amide bonds. The molecule has 0 unspecified atom stereocenters. The fourth-order valence-electron chi connectivity index (χ4n) is 0.636. The van der Waals surface area contributed by atoms with Gasteiger partial charge in [0.25, 0.3) is 0 Å². The van der Waals surface area contributed by atoms with Gasteiger partial charge in [-0.3, -0.25) is 0 Å². The van der Waals surface area contributed by atoms with Crippen LogP contribution in [-0.2, 0) is 4.74 Å². The maximum absolute atomic E-state index is 11.5. The number of thioether (sulfide) groups is 1. The Kier molecular flexibility index (Phi) is 7.50. The predicted molar refractivity (Wildman–Crippen MR) is 47.9 cm³/mol. The molecule has 0 atom stereocenters. The number of hydrogen-bond acceptors (Lipinski definition) is 3. The van der Waals surface area contributed by atoms with Gasteiger partial charge in [0, 0.05) is 18.9 Å². The van der Waals surface area contributed by atoms with Crippen LogP contribution in [0, 0.1) is 0 Å². The summed E-state index contributed by atoms with van der Waals surface area (Å²) in [5.41, 5.74) is 5.23. The van der Waals surface area contributed by atoms with E-state index in [1.165, 1.54) is 0 Å². The van der Waals surface area contributed by atoms with Crippen LogP contribution in [0.25, 0.3) is 0 Å². The second-order valence-electron chi connectivity index (χ2n) is 2.42. The summed E-state index contributed by atoms with van der Waals surface area (Å²) in [7, 11) is 0. The molecule has 2 N–H and O–H groups in total. The van der Waals surface area contributed by atoms with E-state index in [4.69, 9.17) is 5.73 Å². The molecule has 0 bridgehead atoms. The van der Waals surface area contributed by atoms with Crippen LogP contribution in [0.2, 0.25) is 0 Å². The van der Waals surface area contributed by atoms with Crippen molar-refractivity contribution < 1.29 is 17.9 Å². The lowest BCUT2D eigenvalue weighted by molar-refractivity contribution is -0.173. The molecule has 0 aliphatic carbocycles. The van der Waals surface area contributed by atoms with Gasteiger partial charge in [0.1, 0.15) is 6.61 Å². The van der Waals surface area contributed by atoms with Gasteiger partial charge in [0.2, 0.25) is 0 Å². The summed E-state index contributed by atoms with van der Waals surface area (Å²) in [5, 5.41) is 0. The highest BCUT2D eigenvalue weighted by Gasteiger charge is 2.26. The Labute approximate surface area is 80.0 Å². The van der Waals surface area contributed by atoms with Gasteiger partial charge in [0.15, 0.2) is 0 Å². The molecule has 6 heteroatoms. The predicted octanol–water partition coefficient (Wildman–Crippen LogP) is 1.65. The largest absolute Gasteiger partial charge is 0.411 e. The number of ether oxygens (including phenoxy) is 1. The molecule has 0 radical (unpaired) electrons. The van der Waals surface area contributed by atoms with Crippen LogP contribution >= 0.6 is 11.8 Å². The Morgan fingerprint density at radius 3 is 2.46 bits per heavy atom. The molecule has 0 aromatic heterocycles. The topological polar surface area (TPSA) is 35.2 Å². The maximum atomic E-state index is 11.5. The van der Waals surface area contributed by atoms with Crippen LogP contribution in [0.3, 0.4) is 0 Å². The van der Waals surface area contributed by atoms with Crippen molar-refractivity contribution in [1.82, 2.24) is 0 Å².